The van der Waals surface area contributed by atoms with Crippen LogP contribution in [0.2, 0.25) is 0 Å². The van der Waals surface area contributed by atoms with Gasteiger partial charge < -0.3 is 15.2 Å². The molecule has 1 aliphatic heterocycles. The van der Waals surface area contributed by atoms with Crippen molar-refractivity contribution in [2.24, 2.45) is 0 Å². The third kappa shape index (κ3) is 1.75. The second-order valence-corrected chi connectivity index (χ2v) is 4.32. The van der Waals surface area contributed by atoms with Gasteiger partial charge in [0.05, 0.1) is 11.8 Å². The highest BCUT2D eigenvalue weighted by Gasteiger charge is 2.18. The number of hydrogen-bond donors (Lipinski definition) is 1. The van der Waals surface area contributed by atoms with Gasteiger partial charge in [-0.3, -0.25) is 0 Å². The quantitative estimate of drug-likeness (QED) is 0.859. The zero-order valence-electron chi connectivity index (χ0n) is 9.60. The van der Waals surface area contributed by atoms with Crippen LogP contribution in [-0.2, 0) is 0 Å². The highest BCUT2D eigenvalue weighted by molar-refractivity contribution is 5.83. The van der Waals surface area contributed by atoms with E-state index in [4.69, 9.17) is 10.3 Å². The van der Waals surface area contributed by atoms with Crippen LogP contribution in [0.4, 0.5) is 11.6 Å². The number of rotatable bonds is 2. The average Bonchev–Trinajstić information content (AvgIpc) is 3.00. The van der Waals surface area contributed by atoms with Crippen LogP contribution in [0.25, 0.3) is 11.1 Å². The van der Waals surface area contributed by atoms with Crippen LogP contribution in [0, 0.1) is 0 Å². The summed E-state index contributed by atoms with van der Waals surface area (Å²) in [6.45, 7) is 2.23. The number of nitrogen functional groups attached to an aromatic ring is 1. The number of benzene rings is 1. The molecule has 0 bridgehead atoms. The van der Waals surface area contributed by atoms with E-state index < -0.39 is 0 Å². The largest absolute Gasteiger partial charge is 0.371 e. The molecule has 4 heteroatoms. The molecule has 0 unspecified atom stereocenters. The van der Waals surface area contributed by atoms with Gasteiger partial charge in [-0.1, -0.05) is 23.4 Å². The highest BCUT2D eigenvalue weighted by Crippen LogP contribution is 2.35. The molecular formula is C13H15N3O. The molecule has 1 fully saturated rings. The molecule has 0 amide bonds. The van der Waals surface area contributed by atoms with Gasteiger partial charge in [0.2, 0.25) is 5.88 Å². The van der Waals surface area contributed by atoms with Crippen molar-refractivity contribution in [2.45, 2.75) is 12.8 Å². The lowest BCUT2D eigenvalue weighted by Gasteiger charge is -2.20. The Morgan fingerprint density at radius 1 is 1.12 bits per heavy atom. The first kappa shape index (κ1) is 10.2. The molecule has 3 rings (SSSR count). The summed E-state index contributed by atoms with van der Waals surface area (Å²) < 4.78 is 4.95. The first-order valence-corrected chi connectivity index (χ1v) is 5.91. The first-order valence-electron chi connectivity index (χ1n) is 5.91. The van der Waals surface area contributed by atoms with Gasteiger partial charge in [0, 0.05) is 24.3 Å². The van der Waals surface area contributed by atoms with Crippen LogP contribution in [-0.4, -0.2) is 18.2 Å². The summed E-state index contributed by atoms with van der Waals surface area (Å²) in [5.74, 6) is 0.386. The summed E-state index contributed by atoms with van der Waals surface area (Å²) in [5, 5.41) is 3.75. The second-order valence-electron chi connectivity index (χ2n) is 4.32. The molecule has 2 N–H and O–H groups in total. The van der Waals surface area contributed by atoms with Crippen LogP contribution in [0.1, 0.15) is 12.8 Å². The minimum Gasteiger partial charge on any atom is -0.371 e. The van der Waals surface area contributed by atoms with Gasteiger partial charge in [-0.2, -0.15) is 0 Å². The summed E-state index contributed by atoms with van der Waals surface area (Å²) in [5.41, 5.74) is 9.00. The summed E-state index contributed by atoms with van der Waals surface area (Å²) in [6, 6.07) is 8.27. The maximum atomic E-state index is 5.79. The number of anilines is 2. The lowest BCUT2D eigenvalue weighted by Crippen LogP contribution is -2.18. The molecule has 0 radical (unpaired) electrons. The minimum absolute atomic E-state index is 0.386. The SMILES string of the molecule is Nc1oncc1-c1ccccc1N1CCCC1. The molecule has 88 valence electrons. The minimum atomic E-state index is 0.386. The summed E-state index contributed by atoms with van der Waals surface area (Å²) in [6.07, 6.45) is 4.20. The van der Waals surface area contributed by atoms with Crippen LogP contribution in [0.3, 0.4) is 0 Å². The Kier molecular flexibility index (Phi) is 2.48. The molecule has 0 atom stereocenters. The third-order valence-corrected chi connectivity index (χ3v) is 3.24. The maximum Gasteiger partial charge on any atom is 0.230 e. The summed E-state index contributed by atoms with van der Waals surface area (Å²) in [4.78, 5) is 2.39. The normalized spacial score (nSPS) is 15.4. The van der Waals surface area contributed by atoms with Crippen LogP contribution in [0.15, 0.2) is 35.0 Å². The van der Waals surface area contributed by atoms with Crippen molar-refractivity contribution in [1.29, 1.82) is 0 Å². The standard InChI is InChI=1S/C13H15N3O/c14-13-11(9-15-17-13)10-5-1-2-6-12(10)16-7-3-4-8-16/h1-2,5-6,9H,3-4,7-8,14H2. The van der Waals surface area contributed by atoms with E-state index in [0.29, 0.717) is 5.88 Å². The Morgan fingerprint density at radius 2 is 1.88 bits per heavy atom. The molecule has 1 aromatic carbocycles. The molecule has 0 spiro atoms. The topological polar surface area (TPSA) is 55.3 Å². The highest BCUT2D eigenvalue weighted by atomic mass is 16.5. The molecule has 2 aromatic rings. The van der Waals surface area contributed by atoms with Crippen molar-refractivity contribution in [2.75, 3.05) is 23.7 Å². The molecule has 0 saturated carbocycles. The van der Waals surface area contributed by atoms with Crippen molar-refractivity contribution >= 4 is 11.6 Å². The number of para-hydroxylation sites is 1. The van der Waals surface area contributed by atoms with Crippen LogP contribution >= 0.6 is 0 Å². The third-order valence-electron chi connectivity index (χ3n) is 3.24. The van der Waals surface area contributed by atoms with Gasteiger partial charge in [0.25, 0.3) is 0 Å². The monoisotopic (exact) mass is 229 g/mol. The van der Waals surface area contributed by atoms with E-state index in [-0.39, 0.29) is 0 Å². The molecule has 1 saturated heterocycles. The van der Waals surface area contributed by atoms with Gasteiger partial charge in [-0.25, -0.2) is 0 Å². The van der Waals surface area contributed by atoms with Crippen molar-refractivity contribution in [3.8, 4) is 11.1 Å². The smallest absolute Gasteiger partial charge is 0.230 e. The summed E-state index contributed by atoms with van der Waals surface area (Å²) >= 11 is 0. The van der Waals surface area contributed by atoms with Crippen molar-refractivity contribution in [3.05, 3.63) is 30.5 Å². The van der Waals surface area contributed by atoms with Gasteiger partial charge in [-0.05, 0) is 18.9 Å². The molecule has 17 heavy (non-hydrogen) atoms. The Hall–Kier alpha value is -1.97. The predicted molar refractivity (Wildman–Crippen MR) is 67.8 cm³/mol. The number of aromatic nitrogens is 1. The molecule has 2 heterocycles. The molecule has 0 aliphatic carbocycles. The van der Waals surface area contributed by atoms with Crippen LogP contribution < -0.4 is 10.6 Å². The maximum absolute atomic E-state index is 5.79. The van der Waals surface area contributed by atoms with E-state index in [9.17, 15) is 0 Å². The Balaban J connectivity index is 2.07. The first-order chi connectivity index (χ1) is 8.36. The molecule has 1 aromatic heterocycles. The molecule has 1 aliphatic rings. The fraction of sp³-hybridized carbons (Fsp3) is 0.308. The Bertz CT molecular complexity index is 515. The Labute approximate surface area is 100 Å². The van der Waals surface area contributed by atoms with E-state index in [1.165, 1.54) is 18.5 Å². The van der Waals surface area contributed by atoms with E-state index in [1.54, 1.807) is 6.20 Å². The van der Waals surface area contributed by atoms with Gasteiger partial charge in [0.1, 0.15) is 0 Å². The number of hydrogen-bond acceptors (Lipinski definition) is 4. The van der Waals surface area contributed by atoms with Crippen molar-refractivity contribution in [1.82, 2.24) is 5.16 Å². The molecular weight excluding hydrogens is 214 g/mol. The summed E-state index contributed by atoms with van der Waals surface area (Å²) in [7, 11) is 0. The Morgan fingerprint density at radius 3 is 2.59 bits per heavy atom. The van der Waals surface area contributed by atoms with Gasteiger partial charge in [0.15, 0.2) is 0 Å². The van der Waals surface area contributed by atoms with Crippen molar-refractivity contribution < 1.29 is 4.52 Å². The van der Waals surface area contributed by atoms with Gasteiger partial charge in [-0.15, -0.1) is 0 Å². The van der Waals surface area contributed by atoms with Crippen molar-refractivity contribution in [3.63, 3.8) is 0 Å². The van der Waals surface area contributed by atoms with E-state index >= 15 is 0 Å². The average molecular weight is 229 g/mol. The number of nitrogens with zero attached hydrogens (tertiary/aromatic N) is 2. The van der Waals surface area contributed by atoms with E-state index in [2.05, 4.69) is 28.3 Å². The zero-order valence-corrected chi connectivity index (χ0v) is 9.60. The lowest BCUT2D eigenvalue weighted by atomic mass is 10.1. The molecule has 4 nitrogen and oxygen atoms in total. The fourth-order valence-electron chi connectivity index (χ4n) is 2.39. The van der Waals surface area contributed by atoms with Gasteiger partial charge >= 0.3 is 0 Å². The zero-order chi connectivity index (χ0) is 11.7. The second kappa shape index (κ2) is 4.13. The van der Waals surface area contributed by atoms with E-state index in [1.807, 2.05) is 6.07 Å². The van der Waals surface area contributed by atoms with Crippen LogP contribution in [0.5, 0.6) is 0 Å². The number of nitrogens with two attached hydrogens (primary N) is 1. The van der Waals surface area contributed by atoms with E-state index in [0.717, 1.165) is 24.2 Å². The fourth-order valence-corrected chi connectivity index (χ4v) is 2.39. The predicted octanol–water partition coefficient (Wildman–Crippen LogP) is 2.52. The lowest BCUT2D eigenvalue weighted by molar-refractivity contribution is 0.436.